The van der Waals surface area contributed by atoms with Gasteiger partial charge in [0, 0.05) is 61.8 Å². The lowest BCUT2D eigenvalue weighted by Gasteiger charge is -2.45. The number of imide groups is 1. The summed E-state index contributed by atoms with van der Waals surface area (Å²) in [6.45, 7) is 4.25. The minimum Gasteiger partial charge on any atom is -0.463 e. The highest BCUT2D eigenvalue weighted by Crippen LogP contribution is 2.47. The number of nitrogens with one attached hydrogen (secondary N) is 1. The molecule has 7 rings (SSSR count). The molecule has 5 aromatic rings. The molecule has 0 spiro atoms. The van der Waals surface area contributed by atoms with E-state index in [-0.39, 0.29) is 11.1 Å². The zero-order valence-electron chi connectivity index (χ0n) is 27.1. The van der Waals surface area contributed by atoms with Crippen LogP contribution in [0.15, 0.2) is 48.5 Å². The fourth-order valence-electron chi connectivity index (χ4n) is 7.12. The van der Waals surface area contributed by atoms with Crippen LogP contribution in [0.4, 0.5) is 0 Å². The summed E-state index contributed by atoms with van der Waals surface area (Å²) >= 11 is 0. The average Bonchev–Trinajstić information content (AvgIpc) is 3.66. The highest BCUT2D eigenvalue weighted by molar-refractivity contribution is 6.39. The van der Waals surface area contributed by atoms with Crippen molar-refractivity contribution >= 4 is 79.3 Å². The Hall–Kier alpha value is -5.76. The second kappa shape index (κ2) is 11.7. The molecule has 0 aliphatic carbocycles. The number of nitrogens with zero attached hydrogens (tertiary/aromatic N) is 2. The predicted octanol–water partition coefficient (Wildman–Crippen LogP) is 3.91. The van der Waals surface area contributed by atoms with Crippen LogP contribution in [0.25, 0.3) is 43.6 Å². The summed E-state index contributed by atoms with van der Waals surface area (Å²) in [5.41, 5.74) is 2.58. The molecular weight excluding hydrogens is 638 g/mol. The number of esters is 4. The zero-order chi connectivity index (χ0) is 34.9. The Bertz CT molecular complexity index is 2270. The van der Waals surface area contributed by atoms with E-state index in [0.717, 1.165) is 18.7 Å². The molecule has 14 heteroatoms. The first-order chi connectivity index (χ1) is 23.4. The number of aromatic amines is 1. The molecule has 49 heavy (non-hydrogen) atoms. The average molecular weight is 670 g/mol. The molecule has 5 atom stereocenters. The van der Waals surface area contributed by atoms with Crippen molar-refractivity contribution in [2.75, 3.05) is 13.7 Å². The van der Waals surface area contributed by atoms with Crippen molar-refractivity contribution in [3.63, 3.8) is 0 Å². The van der Waals surface area contributed by atoms with Gasteiger partial charge in [-0.25, -0.2) is 0 Å². The molecule has 1 N–H and O–H groups in total. The van der Waals surface area contributed by atoms with Gasteiger partial charge in [-0.1, -0.05) is 36.4 Å². The molecule has 2 aliphatic rings. The van der Waals surface area contributed by atoms with E-state index in [0.29, 0.717) is 43.6 Å². The minimum atomic E-state index is -1.43. The highest BCUT2D eigenvalue weighted by Gasteiger charge is 2.54. The number of aromatic nitrogens is 2. The molecule has 4 heterocycles. The van der Waals surface area contributed by atoms with Crippen LogP contribution in [0, 0.1) is 0 Å². The number of rotatable bonds is 6. The molecule has 2 amide bonds. The molecule has 0 bridgehead atoms. The Morgan fingerprint density at radius 2 is 1.31 bits per heavy atom. The molecule has 0 unspecified atom stereocenters. The summed E-state index contributed by atoms with van der Waals surface area (Å²) in [4.78, 5) is 81.7. The number of para-hydroxylation sites is 2. The smallest absolute Gasteiger partial charge is 0.303 e. The van der Waals surface area contributed by atoms with Gasteiger partial charge >= 0.3 is 23.9 Å². The van der Waals surface area contributed by atoms with E-state index in [1.807, 2.05) is 24.3 Å². The van der Waals surface area contributed by atoms with Crippen LogP contribution >= 0.6 is 0 Å². The van der Waals surface area contributed by atoms with Crippen LogP contribution in [-0.2, 0) is 42.9 Å². The summed E-state index contributed by atoms with van der Waals surface area (Å²) in [6, 6.07) is 14.5. The molecule has 252 valence electrons. The van der Waals surface area contributed by atoms with E-state index in [4.69, 9.17) is 23.7 Å². The lowest BCUT2D eigenvalue weighted by molar-refractivity contribution is -0.267. The number of carbonyl (C=O) groups is 6. The molecule has 0 saturated carbocycles. The first-order valence-electron chi connectivity index (χ1n) is 15.5. The van der Waals surface area contributed by atoms with E-state index < -0.39 is 72.9 Å². The van der Waals surface area contributed by atoms with Crippen molar-refractivity contribution in [1.29, 1.82) is 0 Å². The summed E-state index contributed by atoms with van der Waals surface area (Å²) in [7, 11) is 1.43. The van der Waals surface area contributed by atoms with Crippen molar-refractivity contribution in [3.05, 3.63) is 59.7 Å². The Morgan fingerprint density at radius 3 is 1.96 bits per heavy atom. The summed E-state index contributed by atoms with van der Waals surface area (Å²) in [6.07, 6.45) is -6.75. The largest absolute Gasteiger partial charge is 0.463 e. The molecular formula is C35H31N3O11. The van der Waals surface area contributed by atoms with Crippen LogP contribution in [0.1, 0.15) is 54.6 Å². The Balaban J connectivity index is 1.61. The van der Waals surface area contributed by atoms with Gasteiger partial charge in [0.1, 0.15) is 12.7 Å². The number of amides is 2. The topological polar surface area (TPSA) is 173 Å². The van der Waals surface area contributed by atoms with E-state index in [2.05, 4.69) is 4.98 Å². The van der Waals surface area contributed by atoms with Crippen molar-refractivity contribution in [2.24, 2.45) is 0 Å². The number of benzene rings is 3. The molecule has 2 aromatic heterocycles. The van der Waals surface area contributed by atoms with Crippen molar-refractivity contribution in [2.45, 2.75) is 58.3 Å². The maximum absolute atomic E-state index is 13.9. The third kappa shape index (κ3) is 4.98. The fraction of sp³-hybridized carbons (Fsp3) is 0.314. The fourth-order valence-corrected chi connectivity index (χ4v) is 7.12. The van der Waals surface area contributed by atoms with Crippen LogP contribution in [0.5, 0.6) is 0 Å². The quantitative estimate of drug-likeness (QED) is 0.158. The van der Waals surface area contributed by atoms with Gasteiger partial charge in [0.15, 0.2) is 24.5 Å². The predicted molar refractivity (Wildman–Crippen MR) is 172 cm³/mol. The third-order valence-electron chi connectivity index (χ3n) is 8.86. The van der Waals surface area contributed by atoms with Gasteiger partial charge < -0.3 is 33.2 Å². The standard InChI is InChI=1S/C35H31N3O11/c1-15(39)45-14-23-30(46-16(2)40)31(47-17(3)41)32(48-18(4)42)35(49-23)38-22-13-9-7-11-20(22)25-27-26(33(43)37(5)34(27)44)24-19-10-6-8-12-21(19)36-28(24)29(25)38/h6-13,23,30-32,35-36H,14H2,1-5H3/t23-,30+,31+,32-,35+/m1/s1. The molecule has 3 aromatic carbocycles. The number of hydrogen-bond donors (Lipinski definition) is 1. The molecule has 1 saturated heterocycles. The number of ether oxygens (including phenoxy) is 5. The number of fused-ring (bicyclic) bond motifs is 10. The highest BCUT2D eigenvalue weighted by atomic mass is 16.7. The van der Waals surface area contributed by atoms with Gasteiger partial charge in [0.05, 0.1) is 27.7 Å². The first kappa shape index (κ1) is 31.8. The maximum atomic E-state index is 13.9. The number of carbonyl (C=O) groups excluding carboxylic acids is 6. The van der Waals surface area contributed by atoms with Gasteiger partial charge in [-0.3, -0.25) is 33.7 Å². The third-order valence-corrected chi connectivity index (χ3v) is 8.86. The number of hydrogen-bond acceptors (Lipinski definition) is 11. The Morgan fingerprint density at radius 1 is 0.735 bits per heavy atom. The summed E-state index contributed by atoms with van der Waals surface area (Å²) in [5.74, 6) is -3.88. The second-order valence-electron chi connectivity index (χ2n) is 12.0. The Kier molecular flexibility index (Phi) is 7.62. The van der Waals surface area contributed by atoms with Gasteiger partial charge in [-0.2, -0.15) is 0 Å². The first-order valence-corrected chi connectivity index (χ1v) is 15.5. The summed E-state index contributed by atoms with van der Waals surface area (Å²) < 4.78 is 30.8. The van der Waals surface area contributed by atoms with Crippen LogP contribution in [0.2, 0.25) is 0 Å². The van der Waals surface area contributed by atoms with Gasteiger partial charge in [0.25, 0.3) is 11.8 Å². The number of H-pyrrole nitrogens is 1. The minimum absolute atomic E-state index is 0.195. The zero-order valence-corrected chi connectivity index (χ0v) is 27.1. The lowest BCUT2D eigenvalue weighted by Crippen LogP contribution is -2.60. The van der Waals surface area contributed by atoms with Crippen LogP contribution in [0.3, 0.4) is 0 Å². The summed E-state index contributed by atoms with van der Waals surface area (Å²) in [5, 5.41) is 2.24. The second-order valence-corrected chi connectivity index (χ2v) is 12.0. The molecule has 1 fully saturated rings. The maximum Gasteiger partial charge on any atom is 0.303 e. The normalized spacial score (nSPS) is 22.1. The van der Waals surface area contributed by atoms with Gasteiger partial charge in [-0.15, -0.1) is 0 Å². The monoisotopic (exact) mass is 669 g/mol. The lowest BCUT2D eigenvalue weighted by atomic mass is 9.96. The molecule has 2 aliphatic heterocycles. The SMILES string of the molecule is CC(=O)OC[C@H]1O[C@H](n2c3ccccc3c3c4c(c5c6ccccc6[nH]c5c32)C(=O)N(C)C4=O)[C@H](OC(C)=O)[C@@H](OC(C)=O)[C@H]1OC(C)=O. The van der Waals surface area contributed by atoms with Crippen molar-refractivity contribution in [3.8, 4) is 0 Å². The molecule has 0 radical (unpaired) electrons. The van der Waals surface area contributed by atoms with Crippen LogP contribution in [-0.4, -0.2) is 88.2 Å². The van der Waals surface area contributed by atoms with E-state index in [1.54, 1.807) is 28.8 Å². The van der Waals surface area contributed by atoms with E-state index >= 15 is 0 Å². The van der Waals surface area contributed by atoms with Crippen molar-refractivity contribution in [1.82, 2.24) is 14.5 Å². The van der Waals surface area contributed by atoms with E-state index in [9.17, 15) is 28.8 Å². The Labute approximate surface area is 277 Å². The van der Waals surface area contributed by atoms with Gasteiger partial charge in [-0.05, 0) is 12.1 Å². The van der Waals surface area contributed by atoms with E-state index in [1.165, 1.54) is 20.9 Å². The van der Waals surface area contributed by atoms with Crippen molar-refractivity contribution < 1.29 is 52.5 Å². The van der Waals surface area contributed by atoms with Gasteiger partial charge in [0.2, 0.25) is 0 Å². The van der Waals surface area contributed by atoms with Crippen LogP contribution < -0.4 is 0 Å². The molecule has 14 nitrogen and oxygen atoms in total.